The lowest BCUT2D eigenvalue weighted by Crippen LogP contribution is -2.06. The third-order valence-electron chi connectivity index (χ3n) is 5.42. The highest BCUT2D eigenvalue weighted by molar-refractivity contribution is 5.79. The zero-order valence-corrected chi connectivity index (χ0v) is 13.7. The molecule has 114 valence electrons. The molecule has 0 fully saturated rings. The third-order valence-corrected chi connectivity index (χ3v) is 5.42. The number of hydrogen-bond acceptors (Lipinski definition) is 1. The molecule has 0 spiro atoms. The normalized spacial score (nSPS) is 16.3. The molecule has 0 aliphatic heterocycles. The van der Waals surface area contributed by atoms with Crippen molar-refractivity contribution in [2.24, 2.45) is 0 Å². The van der Waals surface area contributed by atoms with Gasteiger partial charge in [-0.1, -0.05) is 18.2 Å². The number of benzene rings is 2. The van der Waals surface area contributed by atoms with E-state index in [1.807, 2.05) is 0 Å². The Balaban J connectivity index is 1.95. The molecule has 0 saturated heterocycles. The molecule has 0 radical (unpaired) electrons. The Kier molecular flexibility index (Phi) is 3.44. The topological polar surface area (TPSA) is 9.23 Å². The average molecular weight is 292 g/mol. The number of methoxy groups -OCH3 is 1. The SMILES string of the molecule is COc1ccc2c(c1-c1cc3c(cc1C)CCC3)CCCC2. The first kappa shape index (κ1) is 13.9. The molecule has 0 unspecified atom stereocenters. The molecular weight excluding hydrogens is 268 g/mol. The largest absolute Gasteiger partial charge is 0.496 e. The van der Waals surface area contributed by atoms with E-state index in [0.717, 1.165) is 5.75 Å². The second-order valence-electron chi connectivity index (χ2n) is 6.78. The smallest absolute Gasteiger partial charge is 0.126 e. The van der Waals surface area contributed by atoms with E-state index in [9.17, 15) is 0 Å². The molecule has 0 amide bonds. The molecule has 4 rings (SSSR count). The zero-order chi connectivity index (χ0) is 15.1. The Hall–Kier alpha value is -1.76. The highest BCUT2D eigenvalue weighted by Crippen LogP contribution is 2.41. The van der Waals surface area contributed by atoms with E-state index in [1.54, 1.807) is 18.2 Å². The van der Waals surface area contributed by atoms with Gasteiger partial charge in [0.1, 0.15) is 5.75 Å². The Labute approximate surface area is 133 Å². The summed E-state index contributed by atoms with van der Waals surface area (Å²) in [6.07, 6.45) is 8.83. The minimum Gasteiger partial charge on any atom is -0.496 e. The molecule has 0 bridgehead atoms. The fraction of sp³-hybridized carbons (Fsp3) is 0.429. The summed E-state index contributed by atoms with van der Waals surface area (Å²) in [7, 11) is 1.80. The van der Waals surface area contributed by atoms with Crippen LogP contribution in [0, 0.1) is 6.92 Å². The van der Waals surface area contributed by atoms with Crippen LogP contribution in [0.1, 0.15) is 47.1 Å². The van der Waals surface area contributed by atoms with Crippen LogP contribution in [0.2, 0.25) is 0 Å². The van der Waals surface area contributed by atoms with Gasteiger partial charge in [0, 0.05) is 5.56 Å². The van der Waals surface area contributed by atoms with Gasteiger partial charge in [-0.15, -0.1) is 0 Å². The van der Waals surface area contributed by atoms with E-state index in [-0.39, 0.29) is 0 Å². The monoisotopic (exact) mass is 292 g/mol. The summed E-state index contributed by atoms with van der Waals surface area (Å²) in [5, 5.41) is 0. The minimum atomic E-state index is 1.04. The van der Waals surface area contributed by atoms with Crippen molar-refractivity contribution in [3.8, 4) is 16.9 Å². The van der Waals surface area contributed by atoms with Crippen LogP contribution in [-0.2, 0) is 25.7 Å². The van der Waals surface area contributed by atoms with Crippen LogP contribution in [0.15, 0.2) is 24.3 Å². The van der Waals surface area contributed by atoms with Gasteiger partial charge in [-0.25, -0.2) is 0 Å². The molecule has 2 aromatic carbocycles. The molecule has 1 nitrogen and oxygen atoms in total. The highest BCUT2D eigenvalue weighted by atomic mass is 16.5. The van der Waals surface area contributed by atoms with E-state index in [2.05, 4.69) is 31.2 Å². The van der Waals surface area contributed by atoms with E-state index in [0.29, 0.717) is 0 Å². The van der Waals surface area contributed by atoms with Gasteiger partial charge in [0.25, 0.3) is 0 Å². The van der Waals surface area contributed by atoms with Crippen LogP contribution in [0.3, 0.4) is 0 Å². The molecule has 0 aromatic heterocycles. The van der Waals surface area contributed by atoms with Crippen molar-refractivity contribution >= 4 is 0 Å². The van der Waals surface area contributed by atoms with Gasteiger partial charge in [0.2, 0.25) is 0 Å². The van der Waals surface area contributed by atoms with Gasteiger partial charge in [0.15, 0.2) is 0 Å². The fourth-order valence-corrected chi connectivity index (χ4v) is 4.29. The van der Waals surface area contributed by atoms with Crippen LogP contribution in [0.4, 0.5) is 0 Å². The maximum absolute atomic E-state index is 5.74. The van der Waals surface area contributed by atoms with E-state index in [1.165, 1.54) is 72.8 Å². The lowest BCUT2D eigenvalue weighted by molar-refractivity contribution is 0.415. The summed E-state index contributed by atoms with van der Waals surface area (Å²) in [6.45, 7) is 2.26. The summed E-state index contributed by atoms with van der Waals surface area (Å²) in [4.78, 5) is 0. The Morgan fingerprint density at radius 2 is 1.55 bits per heavy atom. The predicted octanol–water partition coefficient (Wildman–Crippen LogP) is 5.04. The standard InChI is InChI=1S/C21H24O/c1-14-12-16-7-5-8-17(16)13-19(14)21-18-9-4-3-6-15(18)10-11-20(21)22-2/h10-13H,3-9H2,1-2H3. The molecule has 0 atom stereocenters. The number of ether oxygens (including phenoxy) is 1. The first-order valence-corrected chi connectivity index (χ1v) is 8.59. The van der Waals surface area contributed by atoms with E-state index in [4.69, 9.17) is 4.74 Å². The Morgan fingerprint density at radius 1 is 0.818 bits per heavy atom. The van der Waals surface area contributed by atoms with Gasteiger partial charge in [-0.3, -0.25) is 0 Å². The fourth-order valence-electron chi connectivity index (χ4n) is 4.29. The molecule has 1 heteroatoms. The second kappa shape index (κ2) is 5.46. The van der Waals surface area contributed by atoms with Gasteiger partial charge in [0.05, 0.1) is 7.11 Å². The van der Waals surface area contributed by atoms with E-state index >= 15 is 0 Å². The van der Waals surface area contributed by atoms with Crippen LogP contribution in [0.5, 0.6) is 5.75 Å². The van der Waals surface area contributed by atoms with Crippen molar-refractivity contribution in [2.75, 3.05) is 7.11 Å². The minimum absolute atomic E-state index is 1.04. The van der Waals surface area contributed by atoms with Crippen molar-refractivity contribution in [1.82, 2.24) is 0 Å². The number of fused-ring (bicyclic) bond motifs is 2. The van der Waals surface area contributed by atoms with Gasteiger partial charge >= 0.3 is 0 Å². The maximum atomic E-state index is 5.74. The van der Waals surface area contributed by atoms with Crippen molar-refractivity contribution < 1.29 is 4.74 Å². The van der Waals surface area contributed by atoms with Crippen LogP contribution in [-0.4, -0.2) is 7.11 Å². The van der Waals surface area contributed by atoms with Gasteiger partial charge in [-0.2, -0.15) is 0 Å². The molecular formula is C21H24O. The van der Waals surface area contributed by atoms with Crippen LogP contribution in [0.25, 0.3) is 11.1 Å². The summed E-state index contributed by atoms with van der Waals surface area (Å²) in [5.41, 5.74) is 10.3. The first-order chi connectivity index (χ1) is 10.8. The average Bonchev–Trinajstić information content (AvgIpc) is 3.00. The summed E-state index contributed by atoms with van der Waals surface area (Å²) < 4.78 is 5.74. The van der Waals surface area contributed by atoms with Gasteiger partial charge < -0.3 is 4.74 Å². The quantitative estimate of drug-likeness (QED) is 0.753. The van der Waals surface area contributed by atoms with Crippen LogP contribution >= 0.6 is 0 Å². The summed E-state index contributed by atoms with van der Waals surface area (Å²) >= 11 is 0. The number of rotatable bonds is 2. The molecule has 0 N–H and O–H groups in total. The second-order valence-corrected chi connectivity index (χ2v) is 6.78. The number of aryl methyl sites for hydroxylation is 4. The molecule has 22 heavy (non-hydrogen) atoms. The summed E-state index contributed by atoms with van der Waals surface area (Å²) in [5.74, 6) is 1.04. The van der Waals surface area contributed by atoms with Crippen molar-refractivity contribution in [3.05, 3.63) is 52.1 Å². The molecule has 2 aliphatic carbocycles. The third kappa shape index (κ3) is 2.15. The van der Waals surface area contributed by atoms with Crippen molar-refractivity contribution in [3.63, 3.8) is 0 Å². The van der Waals surface area contributed by atoms with Crippen LogP contribution < -0.4 is 4.74 Å². The van der Waals surface area contributed by atoms with E-state index < -0.39 is 0 Å². The highest BCUT2D eigenvalue weighted by Gasteiger charge is 2.21. The predicted molar refractivity (Wildman–Crippen MR) is 91.8 cm³/mol. The van der Waals surface area contributed by atoms with Gasteiger partial charge in [-0.05, 0) is 91.3 Å². The summed E-state index contributed by atoms with van der Waals surface area (Å²) in [6, 6.07) is 9.31. The molecule has 0 heterocycles. The zero-order valence-electron chi connectivity index (χ0n) is 13.7. The molecule has 2 aliphatic rings. The maximum Gasteiger partial charge on any atom is 0.126 e. The van der Waals surface area contributed by atoms with Crippen molar-refractivity contribution in [2.45, 2.75) is 51.9 Å². The lowest BCUT2D eigenvalue weighted by atomic mass is 9.83. The molecule has 2 aromatic rings. The van der Waals surface area contributed by atoms with Crippen molar-refractivity contribution in [1.29, 1.82) is 0 Å². The lowest BCUT2D eigenvalue weighted by Gasteiger charge is -2.23. The first-order valence-electron chi connectivity index (χ1n) is 8.59. The Bertz CT molecular complexity index is 727. The Morgan fingerprint density at radius 3 is 2.36 bits per heavy atom. The molecule has 0 saturated carbocycles. The number of hydrogen-bond donors (Lipinski definition) is 0.